The summed E-state index contributed by atoms with van der Waals surface area (Å²) in [5.41, 5.74) is 0. The zero-order valence-electron chi connectivity index (χ0n) is 9.47. The Morgan fingerprint density at radius 3 is 2.64 bits per heavy atom. The maximum Gasteiger partial charge on any atom is 0.00481 e. The van der Waals surface area contributed by atoms with Gasteiger partial charge in [-0.05, 0) is 51.8 Å². The summed E-state index contributed by atoms with van der Waals surface area (Å²) in [5, 5.41) is 3.27. The molecule has 1 aromatic heterocycles. The van der Waals surface area contributed by atoms with Gasteiger partial charge in [0, 0.05) is 15.8 Å². The highest BCUT2D eigenvalue weighted by molar-refractivity contribution is 7.11. The van der Waals surface area contributed by atoms with Gasteiger partial charge in [-0.1, -0.05) is 6.92 Å². The number of rotatable bonds is 6. The molecule has 1 aromatic rings. The van der Waals surface area contributed by atoms with Crippen LogP contribution in [0.4, 0.5) is 0 Å². The smallest absolute Gasteiger partial charge is 0.00481 e. The van der Waals surface area contributed by atoms with E-state index in [4.69, 9.17) is 0 Å². The van der Waals surface area contributed by atoms with Gasteiger partial charge in [-0.2, -0.15) is 0 Å². The van der Waals surface area contributed by atoms with Crippen molar-refractivity contribution in [3.05, 3.63) is 21.9 Å². The molecule has 0 saturated carbocycles. The van der Waals surface area contributed by atoms with Gasteiger partial charge >= 0.3 is 0 Å². The minimum Gasteiger partial charge on any atom is -0.317 e. The Balaban J connectivity index is 2.24. The maximum atomic E-state index is 3.27. The first-order valence-corrected chi connectivity index (χ1v) is 6.32. The molecule has 0 fully saturated rings. The highest BCUT2D eigenvalue weighted by Gasteiger charge is 2.01. The van der Waals surface area contributed by atoms with E-state index < -0.39 is 0 Å². The summed E-state index contributed by atoms with van der Waals surface area (Å²) < 4.78 is 0. The van der Waals surface area contributed by atoms with Gasteiger partial charge in [0.05, 0.1) is 0 Å². The van der Waals surface area contributed by atoms with Crippen molar-refractivity contribution in [1.29, 1.82) is 0 Å². The molecule has 0 aliphatic carbocycles. The molecule has 1 N–H and O–H groups in total. The molecule has 1 heterocycles. The van der Waals surface area contributed by atoms with Crippen LogP contribution in [0.2, 0.25) is 0 Å². The van der Waals surface area contributed by atoms with Gasteiger partial charge in [-0.15, -0.1) is 11.3 Å². The summed E-state index contributed by atoms with van der Waals surface area (Å²) >= 11 is 1.97. The van der Waals surface area contributed by atoms with Crippen molar-refractivity contribution in [2.75, 3.05) is 7.05 Å². The molecule has 1 unspecified atom stereocenters. The van der Waals surface area contributed by atoms with Crippen LogP contribution in [0.25, 0.3) is 0 Å². The molecule has 0 aliphatic rings. The number of aryl methyl sites for hydroxylation is 2. The van der Waals surface area contributed by atoms with Crippen molar-refractivity contribution in [3.63, 3.8) is 0 Å². The number of thiophene rings is 1. The van der Waals surface area contributed by atoms with E-state index in [0.29, 0.717) is 6.04 Å². The lowest BCUT2D eigenvalue weighted by Crippen LogP contribution is -2.20. The van der Waals surface area contributed by atoms with Crippen LogP contribution in [0.15, 0.2) is 12.1 Å². The highest BCUT2D eigenvalue weighted by atomic mass is 32.1. The fourth-order valence-corrected chi connectivity index (χ4v) is 2.47. The lowest BCUT2D eigenvalue weighted by Gasteiger charge is -2.08. The number of hydrogen-bond acceptors (Lipinski definition) is 2. The Bertz CT molecular complexity index is 255. The van der Waals surface area contributed by atoms with Crippen LogP contribution in [0.3, 0.4) is 0 Å². The van der Waals surface area contributed by atoms with Gasteiger partial charge in [0.25, 0.3) is 0 Å². The second kappa shape index (κ2) is 6.20. The third kappa shape index (κ3) is 3.81. The van der Waals surface area contributed by atoms with Gasteiger partial charge in [-0.25, -0.2) is 0 Å². The second-order valence-corrected chi connectivity index (χ2v) is 5.06. The molecule has 1 rings (SSSR count). The van der Waals surface area contributed by atoms with Crippen LogP contribution in [0, 0.1) is 0 Å². The van der Waals surface area contributed by atoms with Crippen molar-refractivity contribution in [3.8, 4) is 0 Å². The summed E-state index contributed by atoms with van der Waals surface area (Å²) in [6.07, 6.45) is 5.00. The fraction of sp³-hybridized carbons (Fsp3) is 0.667. The average molecular weight is 211 g/mol. The van der Waals surface area contributed by atoms with Crippen molar-refractivity contribution >= 4 is 11.3 Å². The van der Waals surface area contributed by atoms with E-state index in [0.717, 1.165) is 0 Å². The van der Waals surface area contributed by atoms with Gasteiger partial charge in [0.1, 0.15) is 0 Å². The minimum absolute atomic E-state index is 0.653. The Kier molecular flexibility index (Phi) is 5.20. The third-order valence-electron chi connectivity index (χ3n) is 2.62. The molecule has 0 radical (unpaired) electrons. The molecule has 1 nitrogen and oxygen atoms in total. The van der Waals surface area contributed by atoms with Crippen molar-refractivity contribution in [2.24, 2.45) is 0 Å². The van der Waals surface area contributed by atoms with Crippen LogP contribution in [0.5, 0.6) is 0 Å². The first kappa shape index (κ1) is 11.7. The summed E-state index contributed by atoms with van der Waals surface area (Å²) in [4.78, 5) is 3.06. The molecule has 0 bridgehead atoms. The predicted molar refractivity (Wildman–Crippen MR) is 65.2 cm³/mol. The monoisotopic (exact) mass is 211 g/mol. The van der Waals surface area contributed by atoms with Crippen molar-refractivity contribution < 1.29 is 0 Å². The van der Waals surface area contributed by atoms with E-state index in [1.54, 1.807) is 4.88 Å². The molecule has 2 heteroatoms. The molecular formula is C12H21NS. The molecule has 0 amide bonds. The average Bonchev–Trinajstić information content (AvgIpc) is 2.65. The van der Waals surface area contributed by atoms with Crippen molar-refractivity contribution in [2.45, 2.75) is 45.6 Å². The second-order valence-electron chi connectivity index (χ2n) is 3.80. The van der Waals surface area contributed by atoms with Gasteiger partial charge < -0.3 is 5.32 Å². The van der Waals surface area contributed by atoms with E-state index in [1.165, 1.54) is 30.6 Å². The predicted octanol–water partition coefficient (Wildman–Crippen LogP) is 3.24. The minimum atomic E-state index is 0.653. The summed E-state index contributed by atoms with van der Waals surface area (Å²) in [7, 11) is 2.03. The zero-order valence-corrected chi connectivity index (χ0v) is 10.3. The van der Waals surface area contributed by atoms with E-state index in [2.05, 4.69) is 31.3 Å². The number of nitrogens with one attached hydrogen (secondary N) is 1. The maximum absolute atomic E-state index is 3.27. The first-order valence-electron chi connectivity index (χ1n) is 5.51. The lowest BCUT2D eigenvalue weighted by atomic mass is 10.1. The highest BCUT2D eigenvalue weighted by Crippen LogP contribution is 2.19. The molecule has 0 spiro atoms. The summed E-state index contributed by atoms with van der Waals surface area (Å²) in [5.74, 6) is 0. The first-order chi connectivity index (χ1) is 6.76. The van der Waals surface area contributed by atoms with E-state index in [1.807, 2.05) is 18.4 Å². The topological polar surface area (TPSA) is 12.0 Å². The summed E-state index contributed by atoms with van der Waals surface area (Å²) in [6.45, 7) is 4.46. The molecule has 0 aliphatic heterocycles. The molecular weight excluding hydrogens is 190 g/mol. The van der Waals surface area contributed by atoms with Gasteiger partial charge in [0.2, 0.25) is 0 Å². The molecule has 80 valence electrons. The largest absolute Gasteiger partial charge is 0.317 e. The molecule has 1 atom stereocenters. The SMILES string of the molecule is CCc1ccc(CCCC(C)NC)s1. The van der Waals surface area contributed by atoms with E-state index >= 15 is 0 Å². The Labute approximate surface area is 91.5 Å². The third-order valence-corrected chi connectivity index (χ3v) is 3.91. The molecule has 0 aromatic carbocycles. The standard InChI is InChI=1S/C12H21NS/c1-4-11-8-9-12(14-11)7-5-6-10(2)13-3/h8-10,13H,4-7H2,1-3H3. The normalized spacial score (nSPS) is 13.1. The zero-order chi connectivity index (χ0) is 10.4. The van der Waals surface area contributed by atoms with Crippen molar-refractivity contribution in [1.82, 2.24) is 5.32 Å². The Morgan fingerprint density at radius 1 is 1.36 bits per heavy atom. The lowest BCUT2D eigenvalue weighted by molar-refractivity contribution is 0.543. The fourth-order valence-electron chi connectivity index (χ4n) is 1.47. The molecule has 14 heavy (non-hydrogen) atoms. The van der Waals surface area contributed by atoms with Crippen LogP contribution in [0.1, 0.15) is 36.4 Å². The van der Waals surface area contributed by atoms with Crippen LogP contribution < -0.4 is 5.32 Å². The van der Waals surface area contributed by atoms with Gasteiger partial charge in [-0.3, -0.25) is 0 Å². The van der Waals surface area contributed by atoms with Crippen LogP contribution in [-0.2, 0) is 12.8 Å². The Hall–Kier alpha value is -0.340. The van der Waals surface area contributed by atoms with Crippen LogP contribution in [-0.4, -0.2) is 13.1 Å². The van der Waals surface area contributed by atoms with Crippen LogP contribution >= 0.6 is 11.3 Å². The van der Waals surface area contributed by atoms with Gasteiger partial charge in [0.15, 0.2) is 0 Å². The Morgan fingerprint density at radius 2 is 2.07 bits per heavy atom. The van der Waals surface area contributed by atoms with E-state index in [-0.39, 0.29) is 0 Å². The number of hydrogen-bond donors (Lipinski definition) is 1. The molecule has 0 saturated heterocycles. The quantitative estimate of drug-likeness (QED) is 0.761. The summed E-state index contributed by atoms with van der Waals surface area (Å²) in [6, 6.07) is 5.20. The van der Waals surface area contributed by atoms with E-state index in [9.17, 15) is 0 Å².